The quantitative estimate of drug-likeness (QED) is 0.667. The van der Waals surface area contributed by atoms with Crippen LogP contribution in [0.3, 0.4) is 0 Å². The van der Waals surface area contributed by atoms with Crippen LogP contribution < -0.4 is 10.6 Å². The monoisotopic (exact) mass is 272 g/mol. The molecule has 0 rings (SSSR count). The molecule has 0 atom stereocenters. The molecule has 0 aliphatic rings. The molecule has 1 amide bonds. The number of carbonyl (C=O) groups excluding carboxylic acids is 1. The van der Waals surface area contributed by atoms with Crippen molar-refractivity contribution in [3.05, 3.63) is 0 Å². The second-order valence-corrected chi connectivity index (χ2v) is 7.20. The Kier molecular flexibility index (Phi) is 8.26. The van der Waals surface area contributed by atoms with Gasteiger partial charge in [-0.05, 0) is 32.6 Å². The maximum atomic E-state index is 11.5. The average molecular weight is 272 g/mol. The number of rotatable bonds is 8. The topological polar surface area (TPSA) is 50.4 Å². The summed E-state index contributed by atoms with van der Waals surface area (Å²) in [6.07, 6.45) is 1.50. The first kappa shape index (κ1) is 18.4. The van der Waals surface area contributed by atoms with Crippen molar-refractivity contribution >= 4 is 5.91 Å². The Bertz CT molecular complexity index is 252. The highest BCUT2D eigenvalue weighted by atomic mass is 16.5. The van der Waals surface area contributed by atoms with E-state index in [1.54, 1.807) is 0 Å². The van der Waals surface area contributed by atoms with Crippen LogP contribution >= 0.6 is 0 Å². The van der Waals surface area contributed by atoms with Gasteiger partial charge in [0, 0.05) is 25.0 Å². The summed E-state index contributed by atoms with van der Waals surface area (Å²) in [5.74, 6) is 0.117. The van der Waals surface area contributed by atoms with Gasteiger partial charge in [-0.15, -0.1) is 0 Å². The van der Waals surface area contributed by atoms with Crippen LogP contribution in [0.1, 0.15) is 54.4 Å². The van der Waals surface area contributed by atoms with E-state index in [4.69, 9.17) is 4.74 Å². The summed E-state index contributed by atoms with van der Waals surface area (Å²) < 4.78 is 5.45. The summed E-state index contributed by atoms with van der Waals surface area (Å²) in [6.45, 7) is 15.5. The molecule has 0 spiro atoms. The highest BCUT2D eigenvalue weighted by molar-refractivity contribution is 5.75. The standard InChI is InChI=1S/C15H32N2O2/c1-14(2,3)8-7-13(18)16-9-11-19-12-10-17-15(4,5)6/h17H,7-12H2,1-6H3,(H,16,18). The zero-order valence-corrected chi connectivity index (χ0v) is 13.6. The third-order valence-electron chi connectivity index (χ3n) is 2.57. The minimum absolute atomic E-state index is 0.117. The molecule has 0 fully saturated rings. The average Bonchev–Trinajstić information content (AvgIpc) is 2.22. The van der Waals surface area contributed by atoms with Gasteiger partial charge in [0.05, 0.1) is 13.2 Å². The first-order valence-electron chi connectivity index (χ1n) is 7.20. The van der Waals surface area contributed by atoms with Gasteiger partial charge in [-0.25, -0.2) is 0 Å². The van der Waals surface area contributed by atoms with Crippen molar-refractivity contribution in [2.75, 3.05) is 26.3 Å². The Balaban J connectivity index is 3.37. The molecule has 0 aromatic rings. The molecule has 4 heteroatoms. The molecule has 0 unspecified atom stereocenters. The number of hydrogen-bond acceptors (Lipinski definition) is 3. The predicted octanol–water partition coefficient (Wildman–Crippen LogP) is 2.33. The molecular formula is C15H32N2O2. The van der Waals surface area contributed by atoms with Gasteiger partial charge in [0.1, 0.15) is 0 Å². The van der Waals surface area contributed by atoms with Crippen LogP contribution in [-0.4, -0.2) is 37.7 Å². The first-order valence-corrected chi connectivity index (χ1v) is 7.20. The minimum Gasteiger partial charge on any atom is -0.378 e. The van der Waals surface area contributed by atoms with E-state index in [1.165, 1.54) is 0 Å². The second kappa shape index (κ2) is 8.54. The third-order valence-corrected chi connectivity index (χ3v) is 2.57. The van der Waals surface area contributed by atoms with Gasteiger partial charge in [0.15, 0.2) is 0 Å². The molecule has 4 nitrogen and oxygen atoms in total. The third kappa shape index (κ3) is 15.3. The Morgan fingerprint density at radius 2 is 1.58 bits per heavy atom. The largest absolute Gasteiger partial charge is 0.378 e. The summed E-state index contributed by atoms with van der Waals surface area (Å²) in [7, 11) is 0. The van der Waals surface area contributed by atoms with Crippen LogP contribution in [-0.2, 0) is 9.53 Å². The fraction of sp³-hybridized carbons (Fsp3) is 0.933. The molecule has 0 heterocycles. The first-order chi connectivity index (χ1) is 8.60. The van der Waals surface area contributed by atoms with Gasteiger partial charge in [-0.2, -0.15) is 0 Å². The summed E-state index contributed by atoms with van der Waals surface area (Å²) in [5.41, 5.74) is 0.344. The van der Waals surface area contributed by atoms with Gasteiger partial charge in [0.25, 0.3) is 0 Å². The molecule has 0 radical (unpaired) electrons. The highest BCUT2D eigenvalue weighted by Crippen LogP contribution is 2.19. The van der Waals surface area contributed by atoms with E-state index >= 15 is 0 Å². The minimum atomic E-state index is 0.117. The van der Waals surface area contributed by atoms with Crippen LogP contribution in [0.15, 0.2) is 0 Å². The van der Waals surface area contributed by atoms with Crippen molar-refractivity contribution in [3.63, 3.8) is 0 Å². The van der Waals surface area contributed by atoms with Crippen LogP contribution in [0.5, 0.6) is 0 Å². The fourth-order valence-corrected chi connectivity index (χ4v) is 1.44. The van der Waals surface area contributed by atoms with Crippen LogP contribution in [0, 0.1) is 5.41 Å². The molecule has 114 valence electrons. The van der Waals surface area contributed by atoms with Crippen LogP contribution in [0.25, 0.3) is 0 Å². The smallest absolute Gasteiger partial charge is 0.220 e. The molecular weight excluding hydrogens is 240 g/mol. The molecule has 0 aromatic heterocycles. The van der Waals surface area contributed by atoms with Crippen molar-refractivity contribution in [3.8, 4) is 0 Å². The lowest BCUT2D eigenvalue weighted by molar-refractivity contribution is -0.121. The molecule has 0 aliphatic heterocycles. The van der Waals surface area contributed by atoms with Crippen molar-refractivity contribution in [1.29, 1.82) is 0 Å². The number of nitrogens with one attached hydrogen (secondary N) is 2. The van der Waals surface area contributed by atoms with Gasteiger partial charge >= 0.3 is 0 Å². The summed E-state index contributed by atoms with van der Waals surface area (Å²) in [5, 5.41) is 6.22. The summed E-state index contributed by atoms with van der Waals surface area (Å²) in [4.78, 5) is 11.5. The van der Waals surface area contributed by atoms with E-state index in [2.05, 4.69) is 52.2 Å². The summed E-state index contributed by atoms with van der Waals surface area (Å²) >= 11 is 0. The maximum absolute atomic E-state index is 11.5. The molecule has 19 heavy (non-hydrogen) atoms. The SMILES string of the molecule is CC(C)(C)CCC(=O)NCCOCCNC(C)(C)C. The highest BCUT2D eigenvalue weighted by Gasteiger charge is 2.12. The Morgan fingerprint density at radius 3 is 2.11 bits per heavy atom. The van der Waals surface area contributed by atoms with Crippen LogP contribution in [0.2, 0.25) is 0 Å². The number of carbonyl (C=O) groups is 1. The molecule has 0 bridgehead atoms. The van der Waals surface area contributed by atoms with Crippen LogP contribution in [0.4, 0.5) is 0 Å². The molecule has 0 saturated carbocycles. The zero-order chi connectivity index (χ0) is 14.9. The molecule has 2 N–H and O–H groups in total. The predicted molar refractivity (Wildman–Crippen MR) is 80.3 cm³/mol. The Morgan fingerprint density at radius 1 is 1.00 bits per heavy atom. The normalized spacial score (nSPS) is 12.5. The maximum Gasteiger partial charge on any atom is 0.220 e. The lowest BCUT2D eigenvalue weighted by atomic mass is 9.90. The lowest BCUT2D eigenvalue weighted by Crippen LogP contribution is -2.38. The summed E-state index contributed by atoms with van der Waals surface area (Å²) in [6, 6.07) is 0. The van der Waals surface area contributed by atoms with Crippen molar-refractivity contribution in [2.24, 2.45) is 5.41 Å². The van der Waals surface area contributed by atoms with E-state index in [1.807, 2.05) is 0 Å². The number of amides is 1. The van der Waals surface area contributed by atoms with Crippen molar-refractivity contribution in [1.82, 2.24) is 10.6 Å². The second-order valence-electron chi connectivity index (χ2n) is 7.20. The fourth-order valence-electron chi connectivity index (χ4n) is 1.44. The van der Waals surface area contributed by atoms with Gasteiger partial charge < -0.3 is 15.4 Å². The van der Waals surface area contributed by atoms with E-state index < -0.39 is 0 Å². The molecule has 0 saturated heterocycles. The molecule has 0 aromatic carbocycles. The van der Waals surface area contributed by atoms with E-state index in [0.717, 1.165) is 13.0 Å². The van der Waals surface area contributed by atoms with E-state index in [9.17, 15) is 4.79 Å². The van der Waals surface area contributed by atoms with Gasteiger partial charge in [-0.3, -0.25) is 4.79 Å². The molecule has 0 aliphatic carbocycles. The Hall–Kier alpha value is -0.610. The lowest BCUT2D eigenvalue weighted by Gasteiger charge is -2.20. The number of ether oxygens (including phenoxy) is 1. The zero-order valence-electron chi connectivity index (χ0n) is 13.6. The van der Waals surface area contributed by atoms with Gasteiger partial charge in [0.2, 0.25) is 5.91 Å². The van der Waals surface area contributed by atoms with Crippen molar-refractivity contribution < 1.29 is 9.53 Å². The Labute approximate surface area is 118 Å². The number of hydrogen-bond donors (Lipinski definition) is 2. The van der Waals surface area contributed by atoms with Gasteiger partial charge in [-0.1, -0.05) is 20.8 Å². The van der Waals surface area contributed by atoms with Crippen molar-refractivity contribution in [2.45, 2.75) is 59.9 Å². The van der Waals surface area contributed by atoms with E-state index in [0.29, 0.717) is 26.2 Å². The van der Waals surface area contributed by atoms with E-state index in [-0.39, 0.29) is 16.9 Å².